The molecule has 1 unspecified atom stereocenters. The Kier molecular flexibility index (Phi) is 3.68. The Bertz CT molecular complexity index is 602. The molecule has 0 aliphatic carbocycles. The predicted molar refractivity (Wildman–Crippen MR) is 74.2 cm³/mol. The van der Waals surface area contributed by atoms with Crippen molar-refractivity contribution in [3.63, 3.8) is 0 Å². The van der Waals surface area contributed by atoms with Crippen LogP contribution in [0.2, 0.25) is 0 Å². The molecule has 20 heavy (non-hydrogen) atoms. The second-order valence-electron chi connectivity index (χ2n) is 5.03. The van der Waals surface area contributed by atoms with Gasteiger partial charge >= 0.3 is 0 Å². The van der Waals surface area contributed by atoms with Crippen LogP contribution in [0.15, 0.2) is 23.1 Å². The summed E-state index contributed by atoms with van der Waals surface area (Å²) in [5, 5.41) is 12.3. The van der Waals surface area contributed by atoms with Crippen molar-refractivity contribution in [2.75, 3.05) is 38.2 Å². The molecule has 3 rings (SSSR count). The lowest BCUT2D eigenvalue weighted by Gasteiger charge is -2.31. The molecule has 0 spiro atoms. The van der Waals surface area contributed by atoms with E-state index in [-0.39, 0.29) is 13.2 Å². The predicted octanol–water partition coefficient (Wildman–Crippen LogP) is 0.0364. The van der Waals surface area contributed by atoms with Crippen LogP contribution in [0.1, 0.15) is 5.56 Å². The Labute approximate surface area is 118 Å². The number of benzene rings is 1. The number of hydrogen-bond donors (Lipinski definition) is 2. The highest BCUT2D eigenvalue weighted by atomic mass is 32.2. The Hall–Kier alpha value is -1.15. The average molecular weight is 298 g/mol. The van der Waals surface area contributed by atoms with Crippen molar-refractivity contribution in [1.82, 2.24) is 4.31 Å². The molecular formula is C13H18N2O4S. The minimum Gasteiger partial charge on any atom is -0.394 e. The maximum atomic E-state index is 12.6. The molecule has 7 heteroatoms. The number of nitrogens with zero attached hydrogens (tertiary/aromatic N) is 1. The van der Waals surface area contributed by atoms with Gasteiger partial charge in [0, 0.05) is 25.3 Å². The van der Waals surface area contributed by atoms with Crippen LogP contribution in [0.4, 0.5) is 5.69 Å². The first kappa shape index (κ1) is 13.8. The summed E-state index contributed by atoms with van der Waals surface area (Å²) in [5.74, 6) is 0. The third-order valence-electron chi connectivity index (χ3n) is 3.73. The lowest BCUT2D eigenvalue weighted by atomic mass is 10.2. The second kappa shape index (κ2) is 5.33. The Morgan fingerprint density at radius 2 is 2.30 bits per heavy atom. The fraction of sp³-hybridized carbons (Fsp3) is 0.538. The maximum absolute atomic E-state index is 12.6. The van der Waals surface area contributed by atoms with Crippen molar-refractivity contribution in [2.45, 2.75) is 17.4 Å². The molecule has 2 N–H and O–H groups in total. The van der Waals surface area contributed by atoms with E-state index in [1.54, 1.807) is 12.1 Å². The van der Waals surface area contributed by atoms with Crippen molar-refractivity contribution in [1.29, 1.82) is 0 Å². The number of fused-ring (bicyclic) bond motifs is 1. The number of sulfonamides is 1. The minimum absolute atomic E-state index is 0.167. The van der Waals surface area contributed by atoms with E-state index in [2.05, 4.69) is 5.32 Å². The smallest absolute Gasteiger partial charge is 0.243 e. The highest BCUT2D eigenvalue weighted by Crippen LogP contribution is 2.27. The molecule has 1 fully saturated rings. The Balaban J connectivity index is 1.87. The first-order valence-corrected chi connectivity index (χ1v) is 8.14. The van der Waals surface area contributed by atoms with Gasteiger partial charge in [-0.25, -0.2) is 8.42 Å². The monoisotopic (exact) mass is 298 g/mol. The molecular weight excluding hydrogens is 280 g/mol. The SMILES string of the molecule is O=S(=O)(c1ccc2c(c1)CCN2)N1CCOC(CO)C1. The molecule has 110 valence electrons. The van der Waals surface area contributed by atoms with E-state index < -0.39 is 16.1 Å². The summed E-state index contributed by atoms with van der Waals surface area (Å²) in [6.07, 6.45) is 0.413. The van der Waals surface area contributed by atoms with E-state index in [4.69, 9.17) is 9.84 Å². The van der Waals surface area contributed by atoms with Gasteiger partial charge in [0.25, 0.3) is 0 Å². The van der Waals surface area contributed by atoms with Gasteiger partial charge in [0.05, 0.1) is 24.2 Å². The van der Waals surface area contributed by atoms with Gasteiger partial charge in [-0.2, -0.15) is 4.31 Å². The van der Waals surface area contributed by atoms with Gasteiger partial charge in [0.15, 0.2) is 0 Å². The molecule has 6 nitrogen and oxygen atoms in total. The summed E-state index contributed by atoms with van der Waals surface area (Å²) in [6, 6.07) is 5.20. The summed E-state index contributed by atoms with van der Waals surface area (Å²) in [5.41, 5.74) is 2.05. The first-order chi connectivity index (χ1) is 9.61. The highest BCUT2D eigenvalue weighted by Gasteiger charge is 2.31. The minimum atomic E-state index is -3.51. The summed E-state index contributed by atoms with van der Waals surface area (Å²) < 4.78 is 31.9. The third-order valence-corrected chi connectivity index (χ3v) is 5.59. The summed E-state index contributed by atoms with van der Waals surface area (Å²) >= 11 is 0. The number of hydrogen-bond acceptors (Lipinski definition) is 5. The van der Waals surface area contributed by atoms with Gasteiger partial charge in [0.2, 0.25) is 10.0 Å². The van der Waals surface area contributed by atoms with E-state index in [1.165, 1.54) is 4.31 Å². The Morgan fingerprint density at radius 3 is 3.10 bits per heavy atom. The number of ether oxygens (including phenoxy) is 1. The van der Waals surface area contributed by atoms with Gasteiger partial charge in [-0.3, -0.25) is 0 Å². The zero-order valence-electron chi connectivity index (χ0n) is 11.1. The van der Waals surface area contributed by atoms with Gasteiger partial charge in [-0.05, 0) is 30.2 Å². The summed E-state index contributed by atoms with van der Waals surface area (Å²) in [4.78, 5) is 0.318. The summed E-state index contributed by atoms with van der Waals surface area (Å²) in [7, 11) is -3.51. The molecule has 2 aliphatic rings. The average Bonchev–Trinajstić information content (AvgIpc) is 2.94. The van der Waals surface area contributed by atoms with E-state index >= 15 is 0 Å². The normalized spacial score (nSPS) is 23.4. The van der Waals surface area contributed by atoms with Crippen LogP contribution in [-0.4, -0.2) is 56.8 Å². The standard InChI is InChI=1S/C13H18N2O4S/c16-9-11-8-15(5-6-19-11)20(17,18)12-1-2-13-10(7-12)3-4-14-13/h1-2,7,11,14,16H,3-6,8-9H2. The van der Waals surface area contributed by atoms with Crippen LogP contribution in [0.25, 0.3) is 0 Å². The lowest BCUT2D eigenvalue weighted by Crippen LogP contribution is -2.46. The molecule has 1 aromatic carbocycles. The third kappa shape index (κ3) is 2.42. The Morgan fingerprint density at radius 1 is 1.45 bits per heavy atom. The number of rotatable bonds is 3. The lowest BCUT2D eigenvalue weighted by molar-refractivity contribution is -0.0304. The molecule has 1 aromatic rings. The van der Waals surface area contributed by atoms with Crippen LogP contribution >= 0.6 is 0 Å². The first-order valence-electron chi connectivity index (χ1n) is 6.70. The molecule has 0 amide bonds. The molecule has 0 aromatic heterocycles. The van der Waals surface area contributed by atoms with E-state index in [9.17, 15) is 8.42 Å². The van der Waals surface area contributed by atoms with Crippen molar-refractivity contribution in [3.05, 3.63) is 23.8 Å². The zero-order chi connectivity index (χ0) is 14.2. The van der Waals surface area contributed by atoms with Crippen molar-refractivity contribution in [3.8, 4) is 0 Å². The topological polar surface area (TPSA) is 78.9 Å². The molecule has 2 aliphatic heterocycles. The largest absolute Gasteiger partial charge is 0.394 e. The van der Waals surface area contributed by atoms with Crippen molar-refractivity contribution < 1.29 is 18.3 Å². The van der Waals surface area contributed by atoms with Gasteiger partial charge in [-0.1, -0.05) is 0 Å². The van der Waals surface area contributed by atoms with Crippen LogP contribution < -0.4 is 5.32 Å². The van der Waals surface area contributed by atoms with Crippen molar-refractivity contribution in [2.24, 2.45) is 0 Å². The van der Waals surface area contributed by atoms with E-state index in [0.29, 0.717) is 18.0 Å². The fourth-order valence-electron chi connectivity index (χ4n) is 2.61. The molecule has 0 saturated carbocycles. The van der Waals surface area contributed by atoms with Gasteiger partial charge in [-0.15, -0.1) is 0 Å². The quantitative estimate of drug-likeness (QED) is 0.823. The highest BCUT2D eigenvalue weighted by molar-refractivity contribution is 7.89. The van der Waals surface area contributed by atoms with Crippen molar-refractivity contribution >= 4 is 15.7 Å². The van der Waals surface area contributed by atoms with Gasteiger partial charge in [0.1, 0.15) is 0 Å². The maximum Gasteiger partial charge on any atom is 0.243 e. The number of aliphatic hydroxyl groups is 1. The van der Waals surface area contributed by atoms with E-state index in [0.717, 1.165) is 24.2 Å². The molecule has 1 atom stereocenters. The van der Waals surface area contributed by atoms with Crippen LogP contribution in [0, 0.1) is 0 Å². The van der Waals surface area contributed by atoms with E-state index in [1.807, 2.05) is 6.07 Å². The molecule has 0 radical (unpaired) electrons. The molecule has 0 bridgehead atoms. The second-order valence-corrected chi connectivity index (χ2v) is 6.97. The van der Waals surface area contributed by atoms with Crippen LogP contribution in [0.5, 0.6) is 0 Å². The van der Waals surface area contributed by atoms with Crippen LogP contribution in [-0.2, 0) is 21.2 Å². The van der Waals surface area contributed by atoms with Gasteiger partial charge < -0.3 is 15.2 Å². The zero-order valence-corrected chi connectivity index (χ0v) is 11.9. The number of nitrogens with one attached hydrogen (secondary N) is 1. The summed E-state index contributed by atoms with van der Waals surface area (Å²) in [6.45, 7) is 1.53. The number of aliphatic hydroxyl groups excluding tert-OH is 1. The molecule has 1 saturated heterocycles. The number of anilines is 1. The number of morpholine rings is 1. The molecule has 2 heterocycles. The van der Waals surface area contributed by atoms with Crippen LogP contribution in [0.3, 0.4) is 0 Å². The fourth-order valence-corrected chi connectivity index (χ4v) is 4.12.